The summed E-state index contributed by atoms with van der Waals surface area (Å²) in [5.41, 5.74) is 2.74. The van der Waals surface area contributed by atoms with Gasteiger partial charge in [0.05, 0.1) is 0 Å². The lowest BCUT2D eigenvalue weighted by Crippen LogP contribution is -2.56. The first-order valence-electron chi connectivity index (χ1n) is 9.69. The van der Waals surface area contributed by atoms with E-state index in [0.29, 0.717) is 29.7 Å². The van der Waals surface area contributed by atoms with Crippen LogP contribution < -0.4 is 0 Å². The lowest BCUT2D eigenvalue weighted by atomic mass is 9.78. The molecule has 3 rings (SSSR count). The molecular formula is C20H28N2O2S. The Morgan fingerprint density at radius 2 is 1.56 bits per heavy atom. The van der Waals surface area contributed by atoms with Crippen molar-refractivity contribution in [2.75, 3.05) is 13.1 Å². The van der Waals surface area contributed by atoms with Crippen molar-refractivity contribution in [1.82, 2.24) is 9.80 Å². The van der Waals surface area contributed by atoms with Gasteiger partial charge in [0.1, 0.15) is 5.57 Å². The zero-order valence-corrected chi connectivity index (χ0v) is 16.2. The minimum Gasteiger partial charge on any atom is -0.285 e. The summed E-state index contributed by atoms with van der Waals surface area (Å²) in [7, 11) is 0. The lowest BCUT2D eigenvalue weighted by molar-refractivity contribution is -0.133. The number of allylic oxidation sites excluding steroid dienone is 3. The zero-order chi connectivity index (χ0) is 18.0. The smallest absolute Gasteiger partial charge is 0.265 e. The molecule has 3 aliphatic rings. The molecule has 1 heterocycles. The first kappa shape index (κ1) is 18.3. The summed E-state index contributed by atoms with van der Waals surface area (Å²) in [6.45, 7) is 4.80. The van der Waals surface area contributed by atoms with Gasteiger partial charge in [0.15, 0.2) is 5.11 Å². The van der Waals surface area contributed by atoms with Gasteiger partial charge >= 0.3 is 0 Å². The van der Waals surface area contributed by atoms with E-state index in [1.165, 1.54) is 37.7 Å². The van der Waals surface area contributed by atoms with Crippen molar-refractivity contribution < 1.29 is 9.59 Å². The predicted molar refractivity (Wildman–Crippen MR) is 103 cm³/mol. The number of hydrogen-bond donors (Lipinski definition) is 0. The highest BCUT2D eigenvalue weighted by molar-refractivity contribution is 7.80. The van der Waals surface area contributed by atoms with Gasteiger partial charge in [0.25, 0.3) is 11.8 Å². The number of carbonyl (C=O) groups excluding carboxylic acids is 2. The molecule has 2 amide bonds. The molecule has 5 heteroatoms. The van der Waals surface area contributed by atoms with Crippen molar-refractivity contribution in [3.05, 3.63) is 22.8 Å². The molecule has 0 unspecified atom stereocenters. The molecule has 2 fully saturated rings. The molecule has 4 nitrogen and oxygen atoms in total. The molecule has 0 aromatic heterocycles. The third-order valence-corrected chi connectivity index (χ3v) is 6.17. The Morgan fingerprint density at radius 3 is 2.12 bits per heavy atom. The maximum Gasteiger partial charge on any atom is 0.265 e. The van der Waals surface area contributed by atoms with E-state index >= 15 is 0 Å². The van der Waals surface area contributed by atoms with Gasteiger partial charge in [-0.15, -0.1) is 0 Å². The molecule has 25 heavy (non-hydrogen) atoms. The fourth-order valence-corrected chi connectivity index (χ4v) is 4.78. The van der Waals surface area contributed by atoms with Crippen LogP contribution in [0.1, 0.15) is 65.2 Å². The maximum absolute atomic E-state index is 12.9. The van der Waals surface area contributed by atoms with Gasteiger partial charge in [-0.2, -0.15) is 0 Å². The molecule has 0 radical (unpaired) electrons. The van der Waals surface area contributed by atoms with Crippen LogP contribution in [-0.4, -0.2) is 39.8 Å². The monoisotopic (exact) mass is 360 g/mol. The maximum atomic E-state index is 12.9. The molecule has 1 saturated carbocycles. The van der Waals surface area contributed by atoms with Crippen LogP contribution in [0.4, 0.5) is 0 Å². The van der Waals surface area contributed by atoms with Crippen LogP contribution in [0.15, 0.2) is 22.8 Å². The number of nitrogens with zero attached hydrogens (tertiary/aromatic N) is 2. The van der Waals surface area contributed by atoms with Crippen LogP contribution in [-0.2, 0) is 9.59 Å². The van der Waals surface area contributed by atoms with Crippen molar-refractivity contribution in [3.63, 3.8) is 0 Å². The van der Waals surface area contributed by atoms with Crippen LogP contribution in [0.3, 0.4) is 0 Å². The molecule has 2 aliphatic carbocycles. The highest BCUT2D eigenvalue weighted by Crippen LogP contribution is 2.37. The van der Waals surface area contributed by atoms with E-state index in [1.54, 1.807) is 9.80 Å². The molecule has 0 aromatic carbocycles. The van der Waals surface area contributed by atoms with E-state index in [2.05, 4.69) is 6.08 Å². The summed E-state index contributed by atoms with van der Waals surface area (Å²) in [6, 6.07) is 0. The number of hydrogen-bond acceptors (Lipinski definition) is 3. The van der Waals surface area contributed by atoms with Crippen molar-refractivity contribution in [2.24, 2.45) is 5.92 Å². The van der Waals surface area contributed by atoms with Crippen LogP contribution >= 0.6 is 12.2 Å². The Kier molecular flexibility index (Phi) is 5.72. The van der Waals surface area contributed by atoms with Gasteiger partial charge in [-0.3, -0.25) is 19.4 Å². The highest BCUT2D eigenvalue weighted by atomic mass is 32.1. The predicted octanol–water partition coefficient (Wildman–Crippen LogP) is 3.97. The Bertz CT molecular complexity index is 616. The number of rotatable bonds is 3. The Balaban J connectivity index is 1.99. The first-order chi connectivity index (χ1) is 12.1. The number of carbonyl (C=O) groups is 2. The van der Waals surface area contributed by atoms with E-state index in [9.17, 15) is 9.59 Å². The van der Waals surface area contributed by atoms with Crippen molar-refractivity contribution in [2.45, 2.75) is 65.2 Å². The van der Waals surface area contributed by atoms with Crippen LogP contribution in [0, 0.1) is 5.92 Å². The molecule has 0 aromatic rings. The number of likely N-dealkylation sites (N-methyl/N-ethyl adjacent to an activating group) is 2. The molecule has 136 valence electrons. The second kappa shape index (κ2) is 7.81. The number of amides is 2. The fourth-order valence-electron chi connectivity index (χ4n) is 4.36. The zero-order valence-electron chi connectivity index (χ0n) is 15.3. The van der Waals surface area contributed by atoms with Crippen LogP contribution in [0.5, 0.6) is 0 Å². The summed E-state index contributed by atoms with van der Waals surface area (Å²) >= 11 is 5.35. The normalized spacial score (nSPS) is 23.4. The van der Waals surface area contributed by atoms with Gasteiger partial charge in [0, 0.05) is 13.1 Å². The minimum atomic E-state index is -0.210. The van der Waals surface area contributed by atoms with Gasteiger partial charge in [-0.1, -0.05) is 30.9 Å². The Morgan fingerprint density at radius 1 is 0.960 bits per heavy atom. The molecule has 1 aliphatic heterocycles. The molecule has 0 N–H and O–H groups in total. The largest absolute Gasteiger partial charge is 0.285 e. The molecule has 0 bridgehead atoms. The van der Waals surface area contributed by atoms with Crippen LogP contribution in [0.25, 0.3) is 0 Å². The van der Waals surface area contributed by atoms with Crippen molar-refractivity contribution in [3.8, 4) is 0 Å². The van der Waals surface area contributed by atoms with Gasteiger partial charge in [0.2, 0.25) is 0 Å². The van der Waals surface area contributed by atoms with Gasteiger partial charge in [-0.25, -0.2) is 0 Å². The average molecular weight is 361 g/mol. The standard InChI is InChI=1S/C20H28N2O2S/c1-3-21-18(23)17(19(24)22(4-2)20(21)25)16-12-8-11-15(13-16)14-9-6-5-7-10-14/h13-14H,3-12H2,1-2H3. The van der Waals surface area contributed by atoms with E-state index in [1.807, 2.05) is 13.8 Å². The third kappa shape index (κ3) is 3.43. The van der Waals surface area contributed by atoms with Crippen LogP contribution in [0.2, 0.25) is 0 Å². The molecule has 0 atom stereocenters. The SMILES string of the molecule is CCN1C(=O)C(=C2C=C(C3CCCCC3)CCC2)C(=O)N(CC)C1=S. The highest BCUT2D eigenvalue weighted by Gasteiger charge is 2.39. The van der Waals surface area contributed by atoms with E-state index < -0.39 is 0 Å². The third-order valence-electron chi connectivity index (χ3n) is 5.73. The second-order valence-corrected chi connectivity index (χ2v) is 7.55. The Labute approximate surface area is 155 Å². The van der Waals surface area contributed by atoms with E-state index in [0.717, 1.165) is 24.8 Å². The molecular weight excluding hydrogens is 332 g/mol. The summed E-state index contributed by atoms with van der Waals surface area (Å²) in [5.74, 6) is 0.223. The van der Waals surface area contributed by atoms with Gasteiger partial charge in [-0.05, 0) is 69.7 Å². The molecule has 1 saturated heterocycles. The quantitative estimate of drug-likeness (QED) is 0.434. The Hall–Kier alpha value is -1.49. The average Bonchev–Trinajstić information content (AvgIpc) is 2.63. The lowest BCUT2D eigenvalue weighted by Gasteiger charge is -2.37. The summed E-state index contributed by atoms with van der Waals surface area (Å²) in [6.07, 6.45) is 11.6. The summed E-state index contributed by atoms with van der Waals surface area (Å²) in [5, 5.41) is 0.344. The summed E-state index contributed by atoms with van der Waals surface area (Å²) < 4.78 is 0. The minimum absolute atomic E-state index is 0.210. The number of thiocarbonyl (C=S) groups is 1. The van der Waals surface area contributed by atoms with Crippen molar-refractivity contribution in [1.29, 1.82) is 0 Å². The van der Waals surface area contributed by atoms with Gasteiger partial charge < -0.3 is 0 Å². The van der Waals surface area contributed by atoms with Crippen molar-refractivity contribution >= 4 is 29.1 Å². The fraction of sp³-hybridized carbons (Fsp3) is 0.650. The van der Waals surface area contributed by atoms with E-state index in [4.69, 9.17) is 12.2 Å². The van der Waals surface area contributed by atoms with E-state index in [-0.39, 0.29) is 11.8 Å². The second-order valence-electron chi connectivity index (χ2n) is 7.19. The summed E-state index contributed by atoms with van der Waals surface area (Å²) in [4.78, 5) is 29.0. The topological polar surface area (TPSA) is 40.6 Å². The molecule has 0 spiro atoms. The first-order valence-corrected chi connectivity index (χ1v) is 10.1.